The van der Waals surface area contributed by atoms with Crippen molar-refractivity contribution in [3.63, 3.8) is 0 Å². The minimum atomic E-state index is -4.12. The van der Waals surface area contributed by atoms with Crippen LogP contribution in [0.25, 0.3) is 22.3 Å². The van der Waals surface area contributed by atoms with Crippen molar-refractivity contribution in [3.8, 4) is 11.3 Å². The van der Waals surface area contributed by atoms with E-state index in [2.05, 4.69) is 54.2 Å². The SMILES string of the molecule is CC(C)(C)c1ccc(C(Cc2ccc(C(=O)CCCS(=O)(=O)O)cc2Br)C(=O)Nc2ccc(-c3cc4ccccc4o3)cc2)cc1. The molecular formula is C37H36BrNO6S. The summed E-state index contributed by atoms with van der Waals surface area (Å²) >= 11 is 3.58. The normalized spacial score (nSPS) is 12.6. The molecule has 5 aromatic rings. The van der Waals surface area contributed by atoms with Crippen LogP contribution in [0.15, 0.2) is 106 Å². The number of hydrogen-bond acceptors (Lipinski definition) is 5. The molecule has 0 saturated carbocycles. The fourth-order valence-electron chi connectivity index (χ4n) is 5.31. The standard InChI is InChI=1S/C37H36BrNO6S/c1-37(2,3)29-16-12-24(13-17-29)31(21-26-10-11-27(22-32(26)38)33(40)8-6-20-46(42,43)44)36(41)39-30-18-14-25(15-19-30)35-23-28-7-4-5-9-34(28)45-35/h4-5,7,9-19,22-23,31H,6,8,20-21H2,1-3H3,(H,39,41)(H,42,43,44). The number of Topliss-reactive ketones (excluding diaryl/α,β-unsaturated/α-hetero) is 1. The van der Waals surface area contributed by atoms with Gasteiger partial charge in [0.25, 0.3) is 10.1 Å². The molecule has 1 heterocycles. The Bertz CT molecular complexity index is 1940. The van der Waals surface area contributed by atoms with Crippen LogP contribution >= 0.6 is 15.9 Å². The van der Waals surface area contributed by atoms with Crippen LogP contribution in [0, 0.1) is 0 Å². The second-order valence-electron chi connectivity index (χ2n) is 12.5. The second-order valence-corrected chi connectivity index (χ2v) is 14.9. The van der Waals surface area contributed by atoms with E-state index >= 15 is 0 Å². The number of para-hydroxylation sites is 1. The molecule has 4 aromatic carbocycles. The van der Waals surface area contributed by atoms with Crippen molar-refractivity contribution in [2.24, 2.45) is 0 Å². The van der Waals surface area contributed by atoms with E-state index in [9.17, 15) is 18.0 Å². The van der Waals surface area contributed by atoms with E-state index in [4.69, 9.17) is 8.97 Å². The molecule has 0 bridgehead atoms. The first-order valence-electron chi connectivity index (χ1n) is 15.0. The number of halogens is 1. The smallest absolute Gasteiger partial charge is 0.264 e. The highest BCUT2D eigenvalue weighted by atomic mass is 79.9. The number of rotatable bonds is 11. The van der Waals surface area contributed by atoms with Crippen LogP contribution in [0.2, 0.25) is 0 Å². The number of ketones is 1. The first-order chi connectivity index (χ1) is 21.8. The Morgan fingerprint density at radius 3 is 2.24 bits per heavy atom. The molecule has 7 nitrogen and oxygen atoms in total. The van der Waals surface area contributed by atoms with Crippen LogP contribution in [0.1, 0.15) is 66.6 Å². The van der Waals surface area contributed by atoms with Gasteiger partial charge in [-0.25, -0.2) is 0 Å². The first-order valence-corrected chi connectivity index (χ1v) is 17.4. The fraction of sp³-hybridized carbons (Fsp3) is 0.243. The van der Waals surface area contributed by atoms with Crippen LogP contribution in [-0.4, -0.2) is 30.4 Å². The average molecular weight is 703 g/mol. The van der Waals surface area contributed by atoms with E-state index in [1.165, 1.54) is 0 Å². The van der Waals surface area contributed by atoms with Gasteiger partial charge in [0.15, 0.2) is 5.78 Å². The van der Waals surface area contributed by atoms with E-state index in [1.54, 1.807) is 12.1 Å². The van der Waals surface area contributed by atoms with Crippen LogP contribution in [-0.2, 0) is 26.7 Å². The zero-order valence-corrected chi connectivity index (χ0v) is 28.3. The number of anilines is 1. The summed E-state index contributed by atoms with van der Waals surface area (Å²) in [5.74, 6) is -0.644. The number of hydrogen-bond donors (Lipinski definition) is 2. The van der Waals surface area contributed by atoms with Crippen molar-refractivity contribution in [1.82, 2.24) is 0 Å². The molecule has 1 amide bonds. The summed E-state index contributed by atoms with van der Waals surface area (Å²) in [6.07, 6.45) is 0.393. The van der Waals surface area contributed by atoms with Gasteiger partial charge in [0.1, 0.15) is 11.3 Å². The van der Waals surface area contributed by atoms with E-state index in [1.807, 2.05) is 72.8 Å². The maximum Gasteiger partial charge on any atom is 0.264 e. The van der Waals surface area contributed by atoms with E-state index < -0.39 is 21.8 Å². The zero-order chi connectivity index (χ0) is 33.1. The average Bonchev–Trinajstić information content (AvgIpc) is 3.44. The second kappa shape index (κ2) is 13.7. The molecule has 5 rings (SSSR count). The Kier molecular flexibility index (Phi) is 9.96. The number of carbonyl (C=O) groups excluding carboxylic acids is 2. The molecule has 238 valence electrons. The Balaban J connectivity index is 1.36. The molecule has 0 fully saturated rings. The lowest BCUT2D eigenvalue weighted by molar-refractivity contribution is -0.117. The Morgan fingerprint density at radius 2 is 1.61 bits per heavy atom. The minimum absolute atomic E-state index is 0.00807. The van der Waals surface area contributed by atoms with Crippen LogP contribution in [0.3, 0.4) is 0 Å². The highest BCUT2D eigenvalue weighted by Gasteiger charge is 2.24. The van der Waals surface area contributed by atoms with Crippen LogP contribution in [0.4, 0.5) is 5.69 Å². The number of amides is 1. The molecule has 0 aliphatic heterocycles. The molecule has 9 heteroatoms. The number of nitrogens with one attached hydrogen (secondary N) is 1. The van der Waals surface area contributed by atoms with Gasteiger partial charge in [-0.2, -0.15) is 8.42 Å². The summed E-state index contributed by atoms with van der Waals surface area (Å²) in [4.78, 5) is 26.5. The molecular weight excluding hydrogens is 666 g/mol. The van der Waals surface area contributed by atoms with E-state index in [0.717, 1.165) is 39.0 Å². The largest absolute Gasteiger partial charge is 0.456 e. The molecule has 0 saturated heterocycles. The monoisotopic (exact) mass is 701 g/mol. The van der Waals surface area contributed by atoms with E-state index in [0.29, 0.717) is 22.1 Å². The molecule has 46 heavy (non-hydrogen) atoms. The van der Waals surface area contributed by atoms with Gasteiger partial charge >= 0.3 is 0 Å². The van der Waals surface area contributed by atoms with Crippen molar-refractivity contribution in [1.29, 1.82) is 0 Å². The van der Waals surface area contributed by atoms with Crippen molar-refractivity contribution >= 4 is 54.4 Å². The van der Waals surface area contributed by atoms with Gasteiger partial charge in [-0.05, 0) is 77.4 Å². The molecule has 1 atom stereocenters. The molecule has 1 unspecified atom stereocenters. The maximum absolute atomic E-state index is 13.9. The molecule has 0 aliphatic carbocycles. The number of fused-ring (bicyclic) bond motifs is 1. The third-order valence-electron chi connectivity index (χ3n) is 7.96. The summed E-state index contributed by atoms with van der Waals surface area (Å²) in [5, 5.41) is 4.11. The number of carbonyl (C=O) groups is 2. The summed E-state index contributed by atoms with van der Waals surface area (Å²) < 4.78 is 37.6. The maximum atomic E-state index is 13.9. The van der Waals surface area contributed by atoms with Crippen LogP contribution in [0.5, 0.6) is 0 Å². The topological polar surface area (TPSA) is 114 Å². The van der Waals surface area contributed by atoms with Gasteiger partial charge < -0.3 is 9.73 Å². The highest BCUT2D eigenvalue weighted by molar-refractivity contribution is 9.10. The molecule has 0 radical (unpaired) electrons. The van der Waals surface area contributed by atoms with Gasteiger partial charge in [-0.15, -0.1) is 0 Å². The van der Waals surface area contributed by atoms with Gasteiger partial charge in [0, 0.05) is 33.1 Å². The summed E-state index contributed by atoms with van der Waals surface area (Å²) in [7, 11) is -4.12. The van der Waals surface area contributed by atoms with Crippen LogP contribution < -0.4 is 5.32 Å². The van der Waals surface area contributed by atoms with E-state index in [-0.39, 0.29) is 29.9 Å². The predicted octanol–water partition coefficient (Wildman–Crippen LogP) is 8.98. The lowest BCUT2D eigenvalue weighted by Crippen LogP contribution is -2.23. The lowest BCUT2D eigenvalue weighted by atomic mass is 9.84. The summed E-state index contributed by atoms with van der Waals surface area (Å²) in [6, 6.07) is 30.7. The number of benzene rings is 4. The fourth-order valence-corrected chi connectivity index (χ4v) is 6.36. The molecule has 2 N–H and O–H groups in total. The zero-order valence-electron chi connectivity index (χ0n) is 25.9. The van der Waals surface area contributed by atoms with Gasteiger partial charge in [0.05, 0.1) is 11.7 Å². The Morgan fingerprint density at radius 1 is 0.913 bits per heavy atom. The highest BCUT2D eigenvalue weighted by Crippen LogP contribution is 2.32. The minimum Gasteiger partial charge on any atom is -0.456 e. The molecule has 0 spiro atoms. The third kappa shape index (κ3) is 8.40. The van der Waals surface area contributed by atoms with Crippen molar-refractivity contribution in [3.05, 3.63) is 124 Å². The number of furan rings is 1. The van der Waals surface area contributed by atoms with Crippen molar-refractivity contribution in [2.45, 2.75) is 51.4 Å². The van der Waals surface area contributed by atoms with Gasteiger partial charge in [0.2, 0.25) is 5.91 Å². The predicted molar refractivity (Wildman–Crippen MR) is 186 cm³/mol. The van der Waals surface area contributed by atoms with Gasteiger partial charge in [-0.1, -0.05) is 91.3 Å². The van der Waals surface area contributed by atoms with Gasteiger partial charge in [-0.3, -0.25) is 14.1 Å². The first kappa shape index (κ1) is 33.3. The Labute approximate surface area is 277 Å². The van der Waals surface area contributed by atoms with Crippen molar-refractivity contribution in [2.75, 3.05) is 11.1 Å². The quantitative estimate of drug-likeness (QED) is 0.105. The van der Waals surface area contributed by atoms with Crippen molar-refractivity contribution < 1.29 is 27.0 Å². The molecule has 1 aromatic heterocycles. The lowest BCUT2D eigenvalue weighted by Gasteiger charge is -2.22. The summed E-state index contributed by atoms with van der Waals surface area (Å²) in [5.41, 5.74) is 5.63. The third-order valence-corrected chi connectivity index (χ3v) is 9.51. The Hall–Kier alpha value is -4.05. The molecule has 0 aliphatic rings. The summed E-state index contributed by atoms with van der Waals surface area (Å²) in [6.45, 7) is 6.43.